The van der Waals surface area contributed by atoms with Crippen molar-refractivity contribution in [2.75, 3.05) is 18.0 Å². The standard InChI is InChI=1S/C20H22N2O/c1-16(14-19(23)17-8-4-2-5-9-17)18-10-11-20(21-15-18)22-12-6-3-7-13-22/h2,4-5,8-11,14-15H,3,6-7,12-13H2,1H3. The van der Waals surface area contributed by atoms with Gasteiger partial charge in [-0.25, -0.2) is 4.98 Å². The largest absolute Gasteiger partial charge is 0.357 e. The van der Waals surface area contributed by atoms with E-state index in [9.17, 15) is 4.79 Å². The van der Waals surface area contributed by atoms with E-state index in [0.29, 0.717) is 5.56 Å². The summed E-state index contributed by atoms with van der Waals surface area (Å²) < 4.78 is 0. The first-order valence-corrected chi connectivity index (χ1v) is 8.23. The molecule has 0 N–H and O–H groups in total. The SMILES string of the molecule is CC(=CC(=O)c1ccccc1)c1ccc(N2CCCCC2)nc1. The fraction of sp³-hybridized carbons (Fsp3) is 0.300. The predicted octanol–water partition coefficient (Wildman–Crippen LogP) is 4.36. The summed E-state index contributed by atoms with van der Waals surface area (Å²) >= 11 is 0. The van der Waals surface area contributed by atoms with Crippen molar-refractivity contribution in [2.45, 2.75) is 26.2 Å². The first kappa shape index (κ1) is 15.5. The molecule has 3 nitrogen and oxygen atoms in total. The summed E-state index contributed by atoms with van der Waals surface area (Å²) in [5, 5.41) is 0. The zero-order valence-corrected chi connectivity index (χ0v) is 13.5. The molecule has 0 spiro atoms. The average molecular weight is 306 g/mol. The summed E-state index contributed by atoms with van der Waals surface area (Å²) in [5.74, 6) is 1.07. The van der Waals surface area contributed by atoms with Crippen molar-refractivity contribution >= 4 is 17.2 Å². The van der Waals surface area contributed by atoms with Gasteiger partial charge in [0.05, 0.1) is 0 Å². The van der Waals surface area contributed by atoms with Crippen LogP contribution in [0.3, 0.4) is 0 Å². The maximum Gasteiger partial charge on any atom is 0.186 e. The minimum Gasteiger partial charge on any atom is -0.357 e. The normalized spacial score (nSPS) is 15.5. The smallest absolute Gasteiger partial charge is 0.186 e. The fourth-order valence-electron chi connectivity index (χ4n) is 2.90. The molecule has 3 rings (SSSR count). The van der Waals surface area contributed by atoms with E-state index in [2.05, 4.69) is 22.0 Å². The third-order valence-corrected chi connectivity index (χ3v) is 4.29. The van der Waals surface area contributed by atoms with Crippen LogP contribution in [0.1, 0.15) is 42.1 Å². The van der Waals surface area contributed by atoms with E-state index in [0.717, 1.165) is 30.0 Å². The lowest BCUT2D eigenvalue weighted by atomic mass is 10.0. The van der Waals surface area contributed by atoms with Crippen LogP contribution in [0.5, 0.6) is 0 Å². The molecule has 0 bridgehead atoms. The highest BCUT2D eigenvalue weighted by Crippen LogP contribution is 2.20. The Kier molecular flexibility index (Phi) is 4.86. The minimum absolute atomic E-state index is 0.0307. The van der Waals surface area contributed by atoms with Gasteiger partial charge in [0, 0.05) is 24.8 Å². The molecular formula is C20H22N2O. The van der Waals surface area contributed by atoms with E-state index in [4.69, 9.17) is 0 Å². The summed E-state index contributed by atoms with van der Waals surface area (Å²) in [7, 11) is 0. The van der Waals surface area contributed by atoms with E-state index < -0.39 is 0 Å². The van der Waals surface area contributed by atoms with E-state index in [-0.39, 0.29) is 5.78 Å². The zero-order valence-electron chi connectivity index (χ0n) is 13.5. The van der Waals surface area contributed by atoms with Crippen LogP contribution in [0.2, 0.25) is 0 Å². The molecule has 2 aromatic rings. The van der Waals surface area contributed by atoms with E-state index in [1.54, 1.807) is 6.08 Å². The molecule has 1 aromatic carbocycles. The van der Waals surface area contributed by atoms with Crippen molar-refractivity contribution in [2.24, 2.45) is 0 Å². The number of allylic oxidation sites excluding steroid dienone is 2. The second-order valence-corrected chi connectivity index (χ2v) is 6.01. The van der Waals surface area contributed by atoms with Crippen LogP contribution in [0.15, 0.2) is 54.7 Å². The van der Waals surface area contributed by atoms with Gasteiger partial charge in [0.1, 0.15) is 5.82 Å². The molecule has 1 aromatic heterocycles. The second kappa shape index (κ2) is 7.23. The van der Waals surface area contributed by atoms with Crippen molar-refractivity contribution in [1.29, 1.82) is 0 Å². The molecule has 0 amide bonds. The van der Waals surface area contributed by atoms with Crippen molar-refractivity contribution in [3.05, 3.63) is 65.9 Å². The molecular weight excluding hydrogens is 284 g/mol. The van der Waals surface area contributed by atoms with Gasteiger partial charge < -0.3 is 4.90 Å². The van der Waals surface area contributed by atoms with Gasteiger partial charge in [0.25, 0.3) is 0 Å². The fourth-order valence-corrected chi connectivity index (χ4v) is 2.90. The number of benzene rings is 1. The number of hydrogen-bond donors (Lipinski definition) is 0. The first-order chi connectivity index (χ1) is 11.2. The maximum absolute atomic E-state index is 12.2. The monoisotopic (exact) mass is 306 g/mol. The maximum atomic E-state index is 12.2. The van der Waals surface area contributed by atoms with E-state index >= 15 is 0 Å². The number of rotatable bonds is 4. The summed E-state index contributed by atoms with van der Waals surface area (Å²) in [6, 6.07) is 13.5. The molecule has 1 aliphatic rings. The Hall–Kier alpha value is -2.42. The van der Waals surface area contributed by atoms with Gasteiger partial charge in [-0.05, 0) is 55.5 Å². The Morgan fingerprint density at radius 1 is 1.00 bits per heavy atom. The van der Waals surface area contributed by atoms with Gasteiger partial charge in [-0.2, -0.15) is 0 Å². The van der Waals surface area contributed by atoms with Gasteiger partial charge in [-0.15, -0.1) is 0 Å². The highest BCUT2D eigenvalue weighted by molar-refractivity contribution is 6.08. The van der Waals surface area contributed by atoms with Gasteiger partial charge in [-0.1, -0.05) is 30.3 Å². The minimum atomic E-state index is 0.0307. The Morgan fingerprint density at radius 2 is 1.74 bits per heavy atom. The highest BCUT2D eigenvalue weighted by atomic mass is 16.1. The highest BCUT2D eigenvalue weighted by Gasteiger charge is 2.12. The molecule has 3 heteroatoms. The molecule has 0 aliphatic carbocycles. The van der Waals surface area contributed by atoms with Gasteiger partial charge in [0.15, 0.2) is 5.78 Å². The Labute approximate surface area is 137 Å². The molecule has 23 heavy (non-hydrogen) atoms. The molecule has 0 saturated carbocycles. The van der Waals surface area contributed by atoms with Crippen LogP contribution >= 0.6 is 0 Å². The number of anilines is 1. The number of pyridine rings is 1. The third kappa shape index (κ3) is 3.86. The van der Waals surface area contributed by atoms with Crippen LogP contribution in [-0.4, -0.2) is 23.9 Å². The third-order valence-electron chi connectivity index (χ3n) is 4.29. The molecule has 1 aliphatic heterocycles. The van der Waals surface area contributed by atoms with Crippen LogP contribution in [0.4, 0.5) is 5.82 Å². The lowest BCUT2D eigenvalue weighted by Gasteiger charge is -2.27. The van der Waals surface area contributed by atoms with Crippen molar-refractivity contribution in [1.82, 2.24) is 4.98 Å². The zero-order chi connectivity index (χ0) is 16.1. The van der Waals surface area contributed by atoms with Gasteiger partial charge in [0.2, 0.25) is 0 Å². The van der Waals surface area contributed by atoms with Crippen molar-refractivity contribution < 1.29 is 4.79 Å². The van der Waals surface area contributed by atoms with Gasteiger partial charge >= 0.3 is 0 Å². The topological polar surface area (TPSA) is 33.2 Å². The number of carbonyl (C=O) groups excluding carboxylic acids is 1. The van der Waals surface area contributed by atoms with E-state index in [1.807, 2.05) is 43.5 Å². The van der Waals surface area contributed by atoms with Crippen molar-refractivity contribution in [3.63, 3.8) is 0 Å². The summed E-state index contributed by atoms with van der Waals surface area (Å²) in [4.78, 5) is 19.1. The molecule has 1 fully saturated rings. The molecule has 0 unspecified atom stereocenters. The van der Waals surface area contributed by atoms with E-state index in [1.165, 1.54) is 19.3 Å². The lowest BCUT2D eigenvalue weighted by molar-refractivity contribution is 0.104. The first-order valence-electron chi connectivity index (χ1n) is 8.23. The number of ketones is 1. The molecule has 0 atom stereocenters. The summed E-state index contributed by atoms with van der Waals surface area (Å²) in [6.07, 6.45) is 7.36. The van der Waals surface area contributed by atoms with Crippen LogP contribution in [0.25, 0.3) is 5.57 Å². The predicted molar refractivity (Wildman–Crippen MR) is 94.7 cm³/mol. The summed E-state index contributed by atoms with van der Waals surface area (Å²) in [6.45, 7) is 4.14. The number of aromatic nitrogens is 1. The Bertz CT molecular complexity index is 683. The Morgan fingerprint density at radius 3 is 2.39 bits per heavy atom. The lowest BCUT2D eigenvalue weighted by Crippen LogP contribution is -2.30. The number of piperidine rings is 1. The molecule has 118 valence electrons. The van der Waals surface area contributed by atoms with Crippen LogP contribution in [-0.2, 0) is 0 Å². The molecule has 1 saturated heterocycles. The number of carbonyl (C=O) groups is 1. The Balaban J connectivity index is 1.73. The average Bonchev–Trinajstić information content (AvgIpc) is 2.63. The van der Waals surface area contributed by atoms with Crippen molar-refractivity contribution in [3.8, 4) is 0 Å². The molecule has 0 radical (unpaired) electrons. The van der Waals surface area contributed by atoms with Crippen LogP contribution in [0, 0.1) is 0 Å². The van der Waals surface area contributed by atoms with Gasteiger partial charge in [-0.3, -0.25) is 4.79 Å². The number of hydrogen-bond acceptors (Lipinski definition) is 3. The second-order valence-electron chi connectivity index (χ2n) is 6.01. The quantitative estimate of drug-likeness (QED) is 0.621. The number of nitrogens with zero attached hydrogens (tertiary/aromatic N) is 2. The summed E-state index contributed by atoms with van der Waals surface area (Å²) in [5.41, 5.74) is 2.65. The van der Waals surface area contributed by atoms with Crippen LogP contribution < -0.4 is 4.90 Å². The molecule has 2 heterocycles.